The first-order chi connectivity index (χ1) is 12.3. The fourth-order valence-electron chi connectivity index (χ4n) is 2.87. The normalized spacial score (nSPS) is 16.3. The number of hydrogen-bond acceptors (Lipinski definition) is 4. The van der Waals surface area contributed by atoms with Crippen LogP contribution >= 0.6 is 0 Å². The van der Waals surface area contributed by atoms with Crippen molar-refractivity contribution in [3.05, 3.63) is 59.7 Å². The van der Waals surface area contributed by atoms with Gasteiger partial charge in [0.15, 0.2) is 0 Å². The molecule has 0 atom stereocenters. The number of anilines is 2. The van der Waals surface area contributed by atoms with E-state index in [2.05, 4.69) is 24.3 Å². The summed E-state index contributed by atoms with van der Waals surface area (Å²) in [4.78, 5) is 22.4. The molecule has 2 heterocycles. The van der Waals surface area contributed by atoms with E-state index < -0.39 is 0 Å². The minimum Gasteiger partial charge on any atom is -0.277 e. The molecule has 2 fully saturated rings. The molecule has 0 radical (unpaired) electrons. The van der Waals surface area contributed by atoms with Gasteiger partial charge < -0.3 is 0 Å². The Bertz CT molecular complexity index is 686. The van der Waals surface area contributed by atoms with E-state index in [1.54, 1.807) is 10.0 Å². The van der Waals surface area contributed by atoms with Crippen LogP contribution in [0, 0.1) is 0 Å². The largest absolute Gasteiger partial charge is 0.277 e. The lowest BCUT2D eigenvalue weighted by Gasteiger charge is -2.18. The van der Waals surface area contributed by atoms with Crippen LogP contribution in [0.1, 0.15) is 11.1 Å². The van der Waals surface area contributed by atoms with Crippen molar-refractivity contribution in [2.45, 2.75) is 6.42 Å². The van der Waals surface area contributed by atoms with E-state index in [0.717, 1.165) is 56.8 Å². The summed E-state index contributed by atoms with van der Waals surface area (Å²) in [6, 6.07) is 16.1. The van der Waals surface area contributed by atoms with Gasteiger partial charge in [0.25, 0.3) is 0 Å². The molecule has 2 aromatic rings. The van der Waals surface area contributed by atoms with Crippen LogP contribution in [0.25, 0.3) is 0 Å². The lowest BCUT2D eigenvalue weighted by molar-refractivity contribution is -0.109. The highest BCUT2D eigenvalue weighted by Crippen LogP contribution is 2.23. The number of hydrogen-bond donors (Lipinski definition) is 0. The van der Waals surface area contributed by atoms with E-state index in [1.807, 2.05) is 34.3 Å². The van der Waals surface area contributed by atoms with Gasteiger partial charge in [0.05, 0.1) is 11.4 Å². The minimum atomic E-state index is 0.816. The van der Waals surface area contributed by atoms with Gasteiger partial charge in [-0.1, -0.05) is 24.3 Å². The Labute approximate surface area is 146 Å². The number of rotatable bonds is 8. The second-order valence-electron chi connectivity index (χ2n) is 6.32. The lowest BCUT2D eigenvalue weighted by Crippen LogP contribution is -2.27. The molecule has 4 rings (SSSR count). The summed E-state index contributed by atoms with van der Waals surface area (Å²) in [6.07, 6.45) is 2.53. The molecule has 2 amide bonds. The molecule has 25 heavy (non-hydrogen) atoms. The standard InChI is InChI=1S/C19H20N4O2/c24-14-22(20-9-10-20)18-5-1-16(2-6-18)13-17-3-7-19(8-4-17)23(15-25)21-11-12-21/h1-8,14-15H,9-13H2. The molecule has 2 aromatic carbocycles. The summed E-state index contributed by atoms with van der Waals surface area (Å²) in [5.74, 6) is 0. The van der Waals surface area contributed by atoms with Crippen molar-refractivity contribution in [3.63, 3.8) is 0 Å². The first-order valence-electron chi connectivity index (χ1n) is 8.45. The Kier molecular flexibility index (Phi) is 4.21. The Morgan fingerprint density at radius 1 is 0.680 bits per heavy atom. The zero-order chi connectivity index (χ0) is 17.2. The highest BCUT2D eigenvalue weighted by molar-refractivity contribution is 5.75. The maximum absolute atomic E-state index is 11.2. The van der Waals surface area contributed by atoms with Crippen molar-refractivity contribution in [1.29, 1.82) is 0 Å². The summed E-state index contributed by atoms with van der Waals surface area (Å²) < 4.78 is 0. The van der Waals surface area contributed by atoms with Gasteiger partial charge in [-0.15, -0.1) is 0 Å². The SMILES string of the molecule is O=CN(c1ccc(Cc2ccc(N(C=O)N3CC3)cc2)cc1)N1CC1. The van der Waals surface area contributed by atoms with E-state index in [0.29, 0.717) is 0 Å². The van der Waals surface area contributed by atoms with Gasteiger partial charge in [-0.05, 0) is 41.8 Å². The van der Waals surface area contributed by atoms with Gasteiger partial charge in [-0.25, -0.2) is 20.0 Å². The second-order valence-corrected chi connectivity index (χ2v) is 6.32. The molecule has 0 spiro atoms. The molecule has 0 bridgehead atoms. The molecule has 128 valence electrons. The monoisotopic (exact) mass is 336 g/mol. The maximum Gasteiger partial charge on any atom is 0.228 e. The van der Waals surface area contributed by atoms with E-state index in [4.69, 9.17) is 0 Å². The summed E-state index contributed by atoms with van der Waals surface area (Å²) in [7, 11) is 0. The second kappa shape index (κ2) is 6.66. The van der Waals surface area contributed by atoms with Crippen LogP contribution in [0.4, 0.5) is 11.4 Å². The first kappa shape index (κ1) is 15.8. The van der Waals surface area contributed by atoms with Gasteiger partial charge in [0, 0.05) is 26.2 Å². The molecule has 0 unspecified atom stereocenters. The molecule has 0 N–H and O–H groups in total. The van der Waals surface area contributed by atoms with Crippen LogP contribution in [-0.4, -0.2) is 49.0 Å². The summed E-state index contributed by atoms with van der Waals surface area (Å²) >= 11 is 0. The van der Waals surface area contributed by atoms with Gasteiger partial charge in [-0.2, -0.15) is 0 Å². The minimum absolute atomic E-state index is 0.816. The Morgan fingerprint density at radius 3 is 1.32 bits per heavy atom. The van der Waals surface area contributed by atoms with Crippen LogP contribution in [-0.2, 0) is 16.0 Å². The fraction of sp³-hybridized carbons (Fsp3) is 0.263. The van der Waals surface area contributed by atoms with Gasteiger partial charge in [-0.3, -0.25) is 9.59 Å². The smallest absolute Gasteiger partial charge is 0.228 e. The zero-order valence-corrected chi connectivity index (χ0v) is 13.9. The predicted molar refractivity (Wildman–Crippen MR) is 95.9 cm³/mol. The summed E-state index contributed by atoms with van der Waals surface area (Å²) in [5, 5.41) is 7.27. The van der Waals surface area contributed by atoms with Crippen LogP contribution in [0.15, 0.2) is 48.5 Å². The number of nitrogens with zero attached hydrogens (tertiary/aromatic N) is 4. The van der Waals surface area contributed by atoms with E-state index in [1.165, 1.54) is 11.1 Å². The number of benzene rings is 2. The molecular formula is C19H20N4O2. The van der Waals surface area contributed by atoms with Crippen LogP contribution in [0.3, 0.4) is 0 Å². The van der Waals surface area contributed by atoms with Crippen LogP contribution < -0.4 is 10.0 Å². The third-order valence-corrected chi connectivity index (χ3v) is 4.47. The molecule has 0 saturated carbocycles. The quantitative estimate of drug-likeness (QED) is 0.543. The molecule has 6 nitrogen and oxygen atoms in total. The summed E-state index contributed by atoms with van der Waals surface area (Å²) in [5.41, 5.74) is 4.16. The predicted octanol–water partition coefficient (Wildman–Crippen LogP) is 1.66. The third-order valence-electron chi connectivity index (χ3n) is 4.47. The highest BCUT2D eigenvalue weighted by Gasteiger charge is 2.26. The Morgan fingerprint density at radius 2 is 1.04 bits per heavy atom. The Balaban J connectivity index is 1.43. The van der Waals surface area contributed by atoms with Crippen LogP contribution in [0.2, 0.25) is 0 Å². The van der Waals surface area contributed by atoms with Crippen molar-refractivity contribution < 1.29 is 9.59 Å². The van der Waals surface area contributed by atoms with Gasteiger partial charge in [0.2, 0.25) is 12.8 Å². The molecule has 0 aliphatic carbocycles. The number of hydrazine groups is 2. The molecule has 0 aromatic heterocycles. The number of amides is 2. The number of carbonyl (C=O) groups excluding carboxylic acids is 2. The topological polar surface area (TPSA) is 46.6 Å². The summed E-state index contributed by atoms with van der Waals surface area (Å²) in [6.45, 7) is 3.73. The number of carbonyl (C=O) groups is 2. The van der Waals surface area contributed by atoms with E-state index in [-0.39, 0.29) is 0 Å². The van der Waals surface area contributed by atoms with Gasteiger partial charge >= 0.3 is 0 Å². The average molecular weight is 336 g/mol. The van der Waals surface area contributed by atoms with E-state index >= 15 is 0 Å². The van der Waals surface area contributed by atoms with Crippen molar-refractivity contribution in [3.8, 4) is 0 Å². The third kappa shape index (κ3) is 3.55. The van der Waals surface area contributed by atoms with Crippen molar-refractivity contribution >= 4 is 24.2 Å². The van der Waals surface area contributed by atoms with E-state index in [9.17, 15) is 9.59 Å². The molecule has 2 aliphatic heterocycles. The molecule has 2 aliphatic rings. The molecular weight excluding hydrogens is 316 g/mol. The highest BCUT2D eigenvalue weighted by atomic mass is 16.2. The molecule has 2 saturated heterocycles. The average Bonchev–Trinajstić information content (AvgIpc) is 3.53. The van der Waals surface area contributed by atoms with Gasteiger partial charge in [0.1, 0.15) is 0 Å². The van der Waals surface area contributed by atoms with Crippen LogP contribution in [0.5, 0.6) is 0 Å². The lowest BCUT2D eigenvalue weighted by atomic mass is 10.0. The molecule has 6 heteroatoms. The van der Waals surface area contributed by atoms with Crippen molar-refractivity contribution in [2.24, 2.45) is 0 Å². The van der Waals surface area contributed by atoms with Crippen molar-refractivity contribution in [1.82, 2.24) is 10.0 Å². The zero-order valence-electron chi connectivity index (χ0n) is 13.9. The maximum atomic E-state index is 11.2. The van der Waals surface area contributed by atoms with Crippen molar-refractivity contribution in [2.75, 3.05) is 36.2 Å². The first-order valence-corrected chi connectivity index (χ1v) is 8.45. The Hall–Kier alpha value is -2.70. The fourth-order valence-corrected chi connectivity index (χ4v) is 2.87.